The van der Waals surface area contributed by atoms with Crippen LogP contribution in [0, 0.1) is 27.4 Å². The number of hydrogen-bond donors (Lipinski definition) is 1. The number of nitrogens with one attached hydrogen (secondary N) is 1. The number of benzene rings is 1. The van der Waals surface area contributed by atoms with Gasteiger partial charge in [0.05, 0.1) is 4.92 Å². The van der Waals surface area contributed by atoms with E-state index < -0.39 is 4.92 Å². The number of anilines is 1. The molecular weight excluding hydrogens is 254 g/mol. The maximum Gasteiger partial charge on any atom is 0.287 e. The highest BCUT2D eigenvalue weighted by molar-refractivity contribution is 5.58. The summed E-state index contributed by atoms with van der Waals surface area (Å²) in [6.07, 6.45) is 7.77. The summed E-state index contributed by atoms with van der Waals surface area (Å²) < 4.78 is 0. The molecule has 1 saturated carbocycles. The fourth-order valence-electron chi connectivity index (χ4n) is 2.79. The lowest BCUT2D eigenvalue weighted by atomic mass is 9.87. The van der Waals surface area contributed by atoms with Crippen LogP contribution in [0.25, 0.3) is 0 Å². The van der Waals surface area contributed by atoms with E-state index in [0.29, 0.717) is 0 Å². The zero-order valence-electron chi connectivity index (χ0n) is 11.5. The Labute approximate surface area is 118 Å². The first-order chi connectivity index (χ1) is 9.70. The summed E-state index contributed by atoms with van der Waals surface area (Å²) in [5.41, 5.74) is 0.756. The Morgan fingerprint density at radius 3 is 2.75 bits per heavy atom. The fourth-order valence-corrected chi connectivity index (χ4v) is 2.79. The van der Waals surface area contributed by atoms with Crippen molar-refractivity contribution in [3.8, 4) is 6.07 Å². The van der Waals surface area contributed by atoms with E-state index in [-0.39, 0.29) is 11.3 Å². The molecule has 0 radical (unpaired) electrons. The van der Waals surface area contributed by atoms with Gasteiger partial charge in [-0.05, 0) is 24.5 Å². The van der Waals surface area contributed by atoms with Crippen LogP contribution in [0.2, 0.25) is 0 Å². The summed E-state index contributed by atoms with van der Waals surface area (Å²) in [6.45, 7) is 0.855. The molecule has 1 aliphatic rings. The van der Waals surface area contributed by atoms with Crippen LogP contribution in [-0.2, 0) is 0 Å². The van der Waals surface area contributed by atoms with E-state index in [1.54, 1.807) is 12.1 Å². The maximum atomic E-state index is 10.7. The first kappa shape index (κ1) is 14.3. The van der Waals surface area contributed by atoms with E-state index in [1.165, 1.54) is 38.2 Å². The van der Waals surface area contributed by atoms with Crippen LogP contribution in [0.5, 0.6) is 0 Å². The van der Waals surface area contributed by atoms with Gasteiger partial charge in [0.2, 0.25) is 0 Å². The third-order valence-electron chi connectivity index (χ3n) is 3.92. The molecule has 5 heteroatoms. The second-order valence-electron chi connectivity index (χ2n) is 5.32. The molecule has 0 aromatic heterocycles. The van der Waals surface area contributed by atoms with Gasteiger partial charge in [0.25, 0.3) is 5.69 Å². The van der Waals surface area contributed by atoms with Gasteiger partial charge in [-0.2, -0.15) is 5.26 Å². The maximum absolute atomic E-state index is 10.7. The van der Waals surface area contributed by atoms with E-state index in [4.69, 9.17) is 5.26 Å². The van der Waals surface area contributed by atoms with Crippen molar-refractivity contribution in [3.63, 3.8) is 0 Å². The molecule has 0 amide bonds. The quantitative estimate of drug-likeness (QED) is 0.652. The molecule has 1 aliphatic carbocycles. The zero-order chi connectivity index (χ0) is 14.4. The second kappa shape index (κ2) is 6.90. The van der Waals surface area contributed by atoms with Crippen molar-refractivity contribution >= 4 is 11.4 Å². The molecule has 0 unspecified atom stereocenters. The molecule has 0 spiro atoms. The lowest BCUT2D eigenvalue weighted by Gasteiger charge is -2.21. The monoisotopic (exact) mass is 273 g/mol. The normalized spacial score (nSPS) is 15.6. The SMILES string of the molecule is N#Cc1cc(NCCC2CCCCC2)ccc1[N+](=O)[O-]. The van der Waals surface area contributed by atoms with Crippen molar-refractivity contribution in [2.24, 2.45) is 5.92 Å². The Kier molecular flexibility index (Phi) is 4.94. The number of rotatable bonds is 5. The molecule has 0 atom stereocenters. The van der Waals surface area contributed by atoms with Crippen molar-refractivity contribution in [2.75, 3.05) is 11.9 Å². The number of hydrogen-bond acceptors (Lipinski definition) is 4. The molecule has 0 saturated heterocycles. The van der Waals surface area contributed by atoms with Crippen LogP contribution in [0.4, 0.5) is 11.4 Å². The van der Waals surface area contributed by atoms with Crippen LogP contribution in [0.1, 0.15) is 44.1 Å². The average Bonchev–Trinajstić information content (AvgIpc) is 2.48. The topological polar surface area (TPSA) is 79.0 Å². The minimum Gasteiger partial charge on any atom is -0.385 e. The molecule has 2 rings (SSSR count). The van der Waals surface area contributed by atoms with E-state index in [2.05, 4.69) is 5.32 Å². The molecule has 0 heterocycles. The van der Waals surface area contributed by atoms with Crippen molar-refractivity contribution in [1.82, 2.24) is 0 Å². The van der Waals surface area contributed by atoms with Gasteiger partial charge in [0.15, 0.2) is 0 Å². The van der Waals surface area contributed by atoms with E-state index in [1.807, 2.05) is 6.07 Å². The van der Waals surface area contributed by atoms with Gasteiger partial charge in [-0.1, -0.05) is 32.1 Å². The van der Waals surface area contributed by atoms with E-state index in [0.717, 1.165) is 24.6 Å². The summed E-state index contributed by atoms with van der Waals surface area (Å²) in [7, 11) is 0. The van der Waals surface area contributed by atoms with Crippen LogP contribution in [-0.4, -0.2) is 11.5 Å². The fraction of sp³-hybridized carbons (Fsp3) is 0.533. The van der Waals surface area contributed by atoms with Gasteiger partial charge < -0.3 is 5.32 Å². The first-order valence-corrected chi connectivity index (χ1v) is 7.13. The van der Waals surface area contributed by atoms with Gasteiger partial charge >= 0.3 is 0 Å². The smallest absolute Gasteiger partial charge is 0.287 e. The van der Waals surface area contributed by atoms with Gasteiger partial charge in [0, 0.05) is 18.3 Å². The molecule has 1 N–H and O–H groups in total. The Balaban J connectivity index is 1.90. The predicted octanol–water partition coefficient (Wildman–Crippen LogP) is 3.85. The Morgan fingerprint density at radius 2 is 2.10 bits per heavy atom. The third kappa shape index (κ3) is 3.70. The first-order valence-electron chi connectivity index (χ1n) is 7.13. The second-order valence-corrected chi connectivity index (χ2v) is 5.32. The molecule has 0 aliphatic heterocycles. The molecule has 20 heavy (non-hydrogen) atoms. The van der Waals surface area contributed by atoms with Gasteiger partial charge in [-0.25, -0.2) is 0 Å². The number of nitrogens with zero attached hydrogens (tertiary/aromatic N) is 2. The van der Waals surface area contributed by atoms with Crippen LogP contribution in [0.15, 0.2) is 18.2 Å². The number of nitro groups is 1. The summed E-state index contributed by atoms with van der Waals surface area (Å²) in [4.78, 5) is 10.2. The van der Waals surface area contributed by atoms with Crippen LogP contribution >= 0.6 is 0 Å². The van der Waals surface area contributed by atoms with Gasteiger partial charge in [-0.3, -0.25) is 10.1 Å². The summed E-state index contributed by atoms with van der Waals surface area (Å²) >= 11 is 0. The average molecular weight is 273 g/mol. The van der Waals surface area contributed by atoms with Crippen molar-refractivity contribution in [2.45, 2.75) is 38.5 Å². The molecule has 5 nitrogen and oxygen atoms in total. The highest BCUT2D eigenvalue weighted by Crippen LogP contribution is 2.26. The lowest BCUT2D eigenvalue weighted by molar-refractivity contribution is -0.385. The molecule has 1 aromatic rings. The minimum absolute atomic E-state index is 0.109. The van der Waals surface area contributed by atoms with Crippen molar-refractivity contribution in [1.29, 1.82) is 5.26 Å². The zero-order valence-corrected chi connectivity index (χ0v) is 11.5. The predicted molar refractivity (Wildman–Crippen MR) is 77.5 cm³/mol. The molecule has 106 valence electrons. The largest absolute Gasteiger partial charge is 0.385 e. The van der Waals surface area contributed by atoms with Gasteiger partial charge in [-0.15, -0.1) is 0 Å². The molecule has 1 fully saturated rings. The molecular formula is C15H19N3O2. The summed E-state index contributed by atoms with van der Waals surface area (Å²) in [6, 6.07) is 6.49. The molecule has 1 aromatic carbocycles. The van der Waals surface area contributed by atoms with Gasteiger partial charge in [0.1, 0.15) is 11.6 Å². The number of nitriles is 1. The molecule has 0 bridgehead atoms. The highest BCUT2D eigenvalue weighted by atomic mass is 16.6. The van der Waals surface area contributed by atoms with Crippen LogP contribution < -0.4 is 5.32 Å². The third-order valence-corrected chi connectivity index (χ3v) is 3.92. The Bertz CT molecular complexity index is 516. The highest BCUT2D eigenvalue weighted by Gasteiger charge is 2.15. The minimum atomic E-state index is -0.523. The Morgan fingerprint density at radius 1 is 1.35 bits per heavy atom. The van der Waals surface area contributed by atoms with Crippen LogP contribution in [0.3, 0.4) is 0 Å². The lowest BCUT2D eigenvalue weighted by Crippen LogP contribution is -2.12. The van der Waals surface area contributed by atoms with E-state index in [9.17, 15) is 10.1 Å². The van der Waals surface area contributed by atoms with Crippen molar-refractivity contribution in [3.05, 3.63) is 33.9 Å². The van der Waals surface area contributed by atoms with E-state index >= 15 is 0 Å². The summed E-state index contributed by atoms with van der Waals surface area (Å²) in [5, 5.41) is 22.9. The summed E-state index contributed by atoms with van der Waals surface area (Å²) in [5.74, 6) is 0.796. The standard InChI is InChI=1S/C15H19N3O2/c16-11-13-10-14(6-7-15(13)18(19)20)17-9-8-12-4-2-1-3-5-12/h6-7,10,12,17H,1-5,8-9H2. The number of nitro benzene ring substituents is 1. The van der Waals surface area contributed by atoms with Crippen molar-refractivity contribution < 1.29 is 4.92 Å². The Hall–Kier alpha value is -2.09.